The summed E-state index contributed by atoms with van der Waals surface area (Å²) in [6, 6.07) is 0. The first-order chi connectivity index (χ1) is 12.3. The maximum absolute atomic E-state index is 8.52. The molecule has 1 radical (unpaired) electrons. The van der Waals surface area contributed by atoms with Gasteiger partial charge in [0.05, 0.1) is 0 Å². The Bertz CT molecular complexity index is 379. The fourth-order valence-corrected chi connectivity index (χ4v) is 2.47. The van der Waals surface area contributed by atoms with E-state index in [1.54, 1.807) is 0 Å². The van der Waals surface area contributed by atoms with Crippen molar-refractivity contribution in [3.05, 3.63) is 0 Å². The third kappa shape index (κ3) is 31.2. The molecule has 1 N–H and O–H groups in total. The largest absolute Gasteiger partial charge is 2.00 e. The van der Waals surface area contributed by atoms with Crippen LogP contribution in [0.4, 0.5) is 0 Å². The first-order valence-electron chi connectivity index (χ1n) is 10.1. The summed E-state index contributed by atoms with van der Waals surface area (Å²) in [5, 5.41) is 3.57. The second-order valence-electron chi connectivity index (χ2n) is 6.49. The van der Waals surface area contributed by atoms with Crippen LogP contribution in [0.15, 0.2) is 0 Å². The summed E-state index contributed by atoms with van der Waals surface area (Å²) in [4.78, 5) is 5.25. The number of likely N-dealkylation sites (N-methyl/N-ethyl adjacent to an activating group) is 1. The molecule has 0 unspecified atom stereocenters. The number of nitrogens with one attached hydrogen (secondary N) is 1. The van der Waals surface area contributed by atoms with Crippen LogP contribution in [0.1, 0.15) is 66.2 Å². The third-order valence-electron chi connectivity index (χ3n) is 4.15. The van der Waals surface area contributed by atoms with E-state index in [4.69, 9.17) is 17.5 Å². The van der Waals surface area contributed by atoms with Crippen LogP contribution in [0.5, 0.6) is 0 Å². The number of hydrogen-bond acceptors (Lipinski definition) is 7. The van der Waals surface area contributed by atoms with E-state index in [9.17, 15) is 0 Å². The molecule has 0 spiro atoms. The number of hydrogen-bond donors (Lipinski definition) is 1. The monoisotopic (exact) mass is 450 g/mol. The molecule has 0 saturated carbocycles. The average molecular weight is 451 g/mol. The second kappa shape index (κ2) is 22.6. The van der Waals surface area contributed by atoms with Gasteiger partial charge in [-0.05, 0) is 45.4 Å². The summed E-state index contributed by atoms with van der Waals surface area (Å²) in [7, 11) is -5.17. The Kier molecular flexibility index (Phi) is 26.7. The van der Waals surface area contributed by atoms with Gasteiger partial charge < -0.3 is 24.2 Å². The van der Waals surface area contributed by atoms with E-state index in [-0.39, 0.29) is 17.1 Å². The molecule has 0 rings (SSSR count). The van der Waals surface area contributed by atoms with Crippen LogP contribution >= 0.6 is 0 Å². The summed E-state index contributed by atoms with van der Waals surface area (Å²) in [5.41, 5.74) is 0. The van der Waals surface area contributed by atoms with Gasteiger partial charge >= 0.3 is 17.1 Å². The summed E-state index contributed by atoms with van der Waals surface area (Å²) < 4.78 is 34.1. The first kappa shape index (κ1) is 31.9. The molecule has 0 saturated heterocycles. The molecule has 7 nitrogen and oxygen atoms in total. The Hall–Kier alpha value is 0.269. The zero-order valence-corrected chi connectivity index (χ0v) is 19.7. The zero-order chi connectivity index (χ0) is 20.3. The van der Waals surface area contributed by atoms with Gasteiger partial charge in [0.2, 0.25) is 0 Å². The molecule has 165 valence electrons. The maximum atomic E-state index is 8.52. The van der Waals surface area contributed by atoms with E-state index < -0.39 is 10.4 Å². The molecular weight excluding hydrogens is 409 g/mol. The van der Waals surface area contributed by atoms with Gasteiger partial charge in [-0.1, -0.05) is 47.0 Å². The molecular formula is C18H41MnN3O4S. The van der Waals surface area contributed by atoms with Crippen molar-refractivity contribution in [2.75, 3.05) is 52.4 Å². The van der Waals surface area contributed by atoms with Gasteiger partial charge in [0.1, 0.15) is 0 Å². The van der Waals surface area contributed by atoms with Crippen molar-refractivity contribution in [3.8, 4) is 0 Å². The number of rotatable bonds is 16. The van der Waals surface area contributed by atoms with Gasteiger partial charge in [0, 0.05) is 36.6 Å². The molecule has 0 fully saturated rings. The predicted octanol–water partition coefficient (Wildman–Crippen LogP) is 2.26. The Morgan fingerprint density at radius 3 is 1.59 bits per heavy atom. The van der Waals surface area contributed by atoms with Crippen LogP contribution in [-0.2, 0) is 27.5 Å². The van der Waals surface area contributed by atoms with Gasteiger partial charge in [-0.15, -0.1) is 0 Å². The molecule has 27 heavy (non-hydrogen) atoms. The van der Waals surface area contributed by atoms with E-state index in [0.717, 1.165) is 6.54 Å². The summed E-state index contributed by atoms with van der Waals surface area (Å²) in [5.74, 6) is 0. The quantitative estimate of drug-likeness (QED) is 0.167. The van der Waals surface area contributed by atoms with Crippen LogP contribution in [0.2, 0.25) is 0 Å². The summed E-state index contributed by atoms with van der Waals surface area (Å²) >= 11 is 0. The number of nitrogens with zero attached hydrogens (tertiary/aromatic N) is 2. The van der Waals surface area contributed by atoms with E-state index in [0.29, 0.717) is 0 Å². The molecule has 0 aliphatic rings. The molecule has 0 aliphatic carbocycles. The molecule has 0 heterocycles. The predicted molar refractivity (Wildman–Crippen MR) is 107 cm³/mol. The molecule has 0 aliphatic heterocycles. The van der Waals surface area contributed by atoms with Crippen LogP contribution in [0, 0.1) is 0 Å². The van der Waals surface area contributed by atoms with Crippen molar-refractivity contribution in [2.45, 2.75) is 66.2 Å². The third-order valence-corrected chi connectivity index (χ3v) is 4.15. The average Bonchev–Trinajstić information content (AvgIpc) is 2.57. The summed E-state index contributed by atoms with van der Waals surface area (Å²) in [6.45, 7) is 18.8. The first-order valence-corrected chi connectivity index (χ1v) is 11.4. The molecule has 0 aromatic heterocycles. The Morgan fingerprint density at radius 1 is 0.704 bits per heavy atom. The molecule has 0 aromatic rings. The van der Waals surface area contributed by atoms with Crippen molar-refractivity contribution in [3.63, 3.8) is 0 Å². The maximum Gasteiger partial charge on any atom is 2.00 e. The van der Waals surface area contributed by atoms with Gasteiger partial charge in [-0.2, -0.15) is 0 Å². The van der Waals surface area contributed by atoms with E-state index in [1.807, 2.05) is 0 Å². The van der Waals surface area contributed by atoms with Gasteiger partial charge in [0.15, 0.2) is 0 Å². The molecule has 0 atom stereocenters. The minimum Gasteiger partial charge on any atom is -0.759 e. The molecule has 0 aromatic carbocycles. The number of unbranched alkanes of at least 4 members (excludes halogenated alkanes) is 3. The Morgan fingerprint density at radius 2 is 1.15 bits per heavy atom. The van der Waals surface area contributed by atoms with E-state index in [1.165, 1.54) is 84.3 Å². The fourth-order valence-electron chi connectivity index (χ4n) is 2.47. The van der Waals surface area contributed by atoms with Crippen LogP contribution in [0.25, 0.3) is 0 Å². The van der Waals surface area contributed by atoms with Crippen LogP contribution in [-0.4, -0.2) is 79.7 Å². The molecule has 0 bridgehead atoms. The fraction of sp³-hybridized carbons (Fsp3) is 1.00. The van der Waals surface area contributed by atoms with Gasteiger partial charge in [-0.3, -0.25) is 8.42 Å². The smallest absolute Gasteiger partial charge is 0.759 e. The standard InChI is InChI=1S/C18H41N3.Mn.H2O4S/c1-5-9-12-19-13-16-21(15-11-7-3)18-17-20(8-4)14-10-6-2;;1-5(2,3)4/h19H,5-18H2,1-4H3;;(H2,1,2,3,4)/q;+2;/p-2. The van der Waals surface area contributed by atoms with Crippen molar-refractivity contribution in [2.24, 2.45) is 0 Å². The van der Waals surface area contributed by atoms with Crippen molar-refractivity contribution < 1.29 is 34.6 Å². The van der Waals surface area contributed by atoms with E-state index >= 15 is 0 Å². The SMILES string of the molecule is CCCCNCCN(CCCC)CCN(CC)CCCC.O=S(=O)([O-])[O-].[Mn+2]. The Labute approximate surface area is 178 Å². The minimum atomic E-state index is -5.17. The topological polar surface area (TPSA) is 98.8 Å². The Balaban J connectivity index is -0.000000844. The normalized spacial score (nSPS) is 11.3. The molecule has 0 amide bonds. The van der Waals surface area contributed by atoms with Crippen LogP contribution < -0.4 is 5.32 Å². The van der Waals surface area contributed by atoms with Crippen molar-refractivity contribution in [1.29, 1.82) is 0 Å². The van der Waals surface area contributed by atoms with Crippen molar-refractivity contribution in [1.82, 2.24) is 15.1 Å². The van der Waals surface area contributed by atoms with Crippen LogP contribution in [0.3, 0.4) is 0 Å². The van der Waals surface area contributed by atoms with Crippen molar-refractivity contribution >= 4 is 10.4 Å². The van der Waals surface area contributed by atoms with Gasteiger partial charge in [0.25, 0.3) is 0 Å². The molecule has 9 heteroatoms. The summed E-state index contributed by atoms with van der Waals surface area (Å²) in [6.07, 6.45) is 7.85. The zero-order valence-electron chi connectivity index (χ0n) is 17.7. The minimum absolute atomic E-state index is 0. The second-order valence-corrected chi connectivity index (χ2v) is 7.31. The van der Waals surface area contributed by atoms with E-state index in [2.05, 4.69) is 42.8 Å². The van der Waals surface area contributed by atoms with Gasteiger partial charge in [-0.25, -0.2) is 0 Å².